The van der Waals surface area contributed by atoms with Gasteiger partial charge in [-0.2, -0.15) is 26.3 Å². The molecule has 0 bridgehead atoms. The number of urea groups is 1. The maximum Gasteiger partial charge on any atom is 0.430 e. The molecule has 0 radical (unpaired) electrons. The first-order valence-electron chi connectivity index (χ1n) is 15.6. The highest BCUT2D eigenvalue weighted by atomic mass is 19.4. The number of carbonyl (C=O) groups excluding carboxylic acids is 3. The first-order chi connectivity index (χ1) is 22.1. The molecule has 4 amide bonds. The fourth-order valence-corrected chi connectivity index (χ4v) is 6.26. The zero-order valence-corrected chi connectivity index (χ0v) is 27.5. The summed E-state index contributed by atoms with van der Waals surface area (Å²) in [5, 5.41) is 12.6. The SMILES string of the molecule is CCCc1cc(C(O)(C(F)(F)F)C(F)(F)F)ccc1N1CC(C)N(C(=O)CN2C(=O)N[C@@](C)(c3ccc(OC(C)C)cc3)C2=O)CC1C. The van der Waals surface area contributed by atoms with Crippen LogP contribution in [0.5, 0.6) is 5.75 Å². The van der Waals surface area contributed by atoms with Gasteiger partial charge in [-0.3, -0.25) is 14.5 Å². The summed E-state index contributed by atoms with van der Waals surface area (Å²) in [4.78, 5) is 44.1. The highest BCUT2D eigenvalue weighted by molar-refractivity contribution is 6.09. The van der Waals surface area contributed by atoms with Crippen LogP contribution in [-0.2, 0) is 27.1 Å². The molecule has 3 atom stereocenters. The minimum absolute atomic E-state index is 0.0604. The van der Waals surface area contributed by atoms with Gasteiger partial charge in [0.05, 0.1) is 6.10 Å². The summed E-state index contributed by atoms with van der Waals surface area (Å²) in [6, 6.07) is 7.51. The fourth-order valence-electron chi connectivity index (χ4n) is 6.26. The van der Waals surface area contributed by atoms with Crippen LogP contribution in [0.2, 0.25) is 0 Å². The molecular weight excluding hydrogens is 646 g/mol. The number of hydrogen-bond acceptors (Lipinski definition) is 6. The third kappa shape index (κ3) is 6.65. The van der Waals surface area contributed by atoms with Gasteiger partial charge >= 0.3 is 18.4 Å². The summed E-state index contributed by atoms with van der Waals surface area (Å²) < 4.78 is 87.2. The van der Waals surface area contributed by atoms with Gasteiger partial charge < -0.3 is 25.0 Å². The van der Waals surface area contributed by atoms with E-state index in [9.17, 15) is 45.8 Å². The van der Waals surface area contributed by atoms with Crippen LogP contribution in [0.4, 0.5) is 36.8 Å². The molecule has 264 valence electrons. The quantitative estimate of drug-likeness (QED) is 0.262. The zero-order valence-electron chi connectivity index (χ0n) is 27.5. The second kappa shape index (κ2) is 13.1. The molecule has 2 saturated heterocycles. The molecule has 2 N–H and O–H groups in total. The Kier molecular flexibility index (Phi) is 10.1. The van der Waals surface area contributed by atoms with Crippen molar-refractivity contribution in [3.63, 3.8) is 0 Å². The Morgan fingerprint density at radius 3 is 2.15 bits per heavy atom. The van der Waals surface area contributed by atoms with Crippen molar-refractivity contribution < 1.29 is 50.6 Å². The summed E-state index contributed by atoms with van der Waals surface area (Å²) in [5.41, 5.74) is -6.73. The summed E-state index contributed by atoms with van der Waals surface area (Å²) in [5.74, 6) is -0.531. The minimum atomic E-state index is -6.01. The number of aliphatic hydroxyl groups is 1. The van der Waals surface area contributed by atoms with E-state index in [1.54, 1.807) is 56.9 Å². The second-order valence-corrected chi connectivity index (χ2v) is 12.8. The van der Waals surface area contributed by atoms with Crippen LogP contribution in [0.3, 0.4) is 0 Å². The number of aryl methyl sites for hydroxylation is 1. The number of carbonyl (C=O) groups is 3. The van der Waals surface area contributed by atoms with Crippen LogP contribution >= 0.6 is 0 Å². The molecule has 2 aromatic rings. The Morgan fingerprint density at radius 2 is 1.60 bits per heavy atom. The highest BCUT2D eigenvalue weighted by Gasteiger charge is 2.71. The lowest BCUT2D eigenvalue weighted by Gasteiger charge is -2.46. The van der Waals surface area contributed by atoms with E-state index >= 15 is 0 Å². The van der Waals surface area contributed by atoms with Crippen LogP contribution in [0.15, 0.2) is 42.5 Å². The Balaban J connectivity index is 1.52. The van der Waals surface area contributed by atoms with E-state index in [0.29, 0.717) is 29.5 Å². The number of alkyl halides is 6. The number of amides is 4. The molecule has 2 heterocycles. The third-order valence-electron chi connectivity index (χ3n) is 8.82. The van der Waals surface area contributed by atoms with Crippen molar-refractivity contribution in [1.82, 2.24) is 15.1 Å². The van der Waals surface area contributed by atoms with Crippen LogP contribution in [0.1, 0.15) is 64.7 Å². The van der Waals surface area contributed by atoms with Gasteiger partial charge in [0.1, 0.15) is 17.8 Å². The maximum absolute atomic E-state index is 13.6. The van der Waals surface area contributed by atoms with E-state index in [0.717, 1.165) is 17.0 Å². The smallest absolute Gasteiger partial charge is 0.430 e. The number of anilines is 1. The lowest BCUT2D eigenvalue weighted by molar-refractivity contribution is -0.376. The number of rotatable bonds is 9. The van der Waals surface area contributed by atoms with Crippen LogP contribution in [-0.4, -0.2) is 82.9 Å². The number of nitrogens with zero attached hydrogens (tertiary/aromatic N) is 3. The van der Waals surface area contributed by atoms with Crippen molar-refractivity contribution in [2.45, 2.75) is 96.1 Å². The first-order valence-corrected chi connectivity index (χ1v) is 15.6. The molecular formula is C33H40F6N4O5. The van der Waals surface area contributed by atoms with Crippen LogP contribution < -0.4 is 15.0 Å². The van der Waals surface area contributed by atoms with E-state index in [4.69, 9.17) is 4.74 Å². The normalized spacial score (nSPS) is 22.4. The number of hydrogen-bond donors (Lipinski definition) is 2. The van der Waals surface area contributed by atoms with Gasteiger partial charge in [-0.05, 0) is 70.4 Å². The summed E-state index contributed by atoms with van der Waals surface area (Å²) in [7, 11) is 0. The monoisotopic (exact) mass is 686 g/mol. The zero-order chi connectivity index (χ0) is 36.0. The molecule has 2 fully saturated rings. The molecule has 4 rings (SSSR count). The predicted molar refractivity (Wildman–Crippen MR) is 164 cm³/mol. The molecule has 2 aromatic carbocycles. The van der Waals surface area contributed by atoms with E-state index in [1.165, 1.54) is 4.90 Å². The number of imide groups is 1. The Morgan fingerprint density at radius 1 is 1.00 bits per heavy atom. The number of benzene rings is 2. The van der Waals surface area contributed by atoms with Gasteiger partial charge in [0.15, 0.2) is 0 Å². The molecule has 0 aliphatic carbocycles. The fraction of sp³-hybridized carbons (Fsp3) is 0.545. The molecule has 0 spiro atoms. The first kappa shape index (κ1) is 36.8. The topological polar surface area (TPSA) is 102 Å². The van der Waals surface area contributed by atoms with Crippen LogP contribution in [0.25, 0.3) is 0 Å². The molecule has 48 heavy (non-hydrogen) atoms. The number of piperazine rings is 1. The van der Waals surface area contributed by atoms with Gasteiger partial charge in [-0.15, -0.1) is 0 Å². The molecule has 15 heteroatoms. The van der Waals surface area contributed by atoms with E-state index in [-0.39, 0.29) is 31.2 Å². The Bertz CT molecular complexity index is 1520. The lowest BCUT2D eigenvalue weighted by Crippen LogP contribution is -2.60. The van der Waals surface area contributed by atoms with Crippen LogP contribution in [0, 0.1) is 0 Å². The van der Waals surface area contributed by atoms with Crippen molar-refractivity contribution >= 4 is 23.5 Å². The van der Waals surface area contributed by atoms with Gasteiger partial charge in [-0.1, -0.05) is 37.6 Å². The molecule has 0 saturated carbocycles. The average molecular weight is 687 g/mol. The number of halogens is 6. The van der Waals surface area contributed by atoms with E-state index in [1.807, 2.05) is 13.8 Å². The molecule has 0 aromatic heterocycles. The number of nitrogens with one attached hydrogen (secondary N) is 1. The minimum Gasteiger partial charge on any atom is -0.491 e. The van der Waals surface area contributed by atoms with Gasteiger partial charge in [0, 0.05) is 36.4 Å². The van der Waals surface area contributed by atoms with Crippen molar-refractivity contribution in [2.24, 2.45) is 0 Å². The van der Waals surface area contributed by atoms with Crippen molar-refractivity contribution in [1.29, 1.82) is 0 Å². The van der Waals surface area contributed by atoms with Gasteiger partial charge in [-0.25, -0.2) is 4.79 Å². The van der Waals surface area contributed by atoms with E-state index < -0.39 is 65.5 Å². The maximum atomic E-state index is 13.6. The molecule has 2 aliphatic heterocycles. The van der Waals surface area contributed by atoms with Crippen molar-refractivity contribution in [3.8, 4) is 5.75 Å². The molecule has 2 aliphatic rings. The second-order valence-electron chi connectivity index (χ2n) is 12.8. The number of ether oxygens (including phenoxy) is 1. The molecule has 9 nitrogen and oxygen atoms in total. The predicted octanol–water partition coefficient (Wildman–Crippen LogP) is 5.63. The summed E-state index contributed by atoms with van der Waals surface area (Å²) in [6.07, 6.45) is -11.6. The summed E-state index contributed by atoms with van der Waals surface area (Å²) >= 11 is 0. The Hall–Kier alpha value is -4.01. The average Bonchev–Trinajstić information content (AvgIpc) is 3.20. The largest absolute Gasteiger partial charge is 0.491 e. The van der Waals surface area contributed by atoms with Gasteiger partial charge in [0.25, 0.3) is 11.5 Å². The molecule has 2 unspecified atom stereocenters. The van der Waals surface area contributed by atoms with Crippen molar-refractivity contribution in [3.05, 3.63) is 59.2 Å². The summed E-state index contributed by atoms with van der Waals surface area (Å²) in [6.45, 7) is 10.2. The van der Waals surface area contributed by atoms with Gasteiger partial charge in [0.2, 0.25) is 5.91 Å². The van der Waals surface area contributed by atoms with Crippen molar-refractivity contribution in [2.75, 3.05) is 24.5 Å². The third-order valence-corrected chi connectivity index (χ3v) is 8.82. The standard InChI is InChI=1S/C33H40F6N4O5/c1-7-8-22-15-24(31(47,32(34,35)36)33(37,38)39)11-14-26(22)41-16-21(5)42(17-20(41)4)27(44)18-43-28(45)30(6,40-29(43)46)23-9-12-25(13-10-23)48-19(2)3/h9-15,19-21,47H,7-8,16-18H2,1-6H3,(H,40,46)/t20?,21?,30-/m0/s1. The van der Waals surface area contributed by atoms with E-state index in [2.05, 4.69) is 5.32 Å². The highest BCUT2D eigenvalue weighted by Crippen LogP contribution is 2.50. The Labute approximate surface area is 274 Å². The lowest BCUT2D eigenvalue weighted by atomic mass is 9.89.